The maximum atomic E-state index is 11.3. The van der Waals surface area contributed by atoms with Gasteiger partial charge in [-0.15, -0.1) is 0 Å². The predicted molar refractivity (Wildman–Crippen MR) is 80.7 cm³/mol. The lowest BCUT2D eigenvalue weighted by atomic mass is 10.1. The molecular weight excluding hydrogens is 250 g/mol. The molecule has 1 aliphatic heterocycles. The largest absolute Gasteiger partial charge is 0.465 e. The number of nitrogens with zero attached hydrogens (tertiary/aromatic N) is 1. The number of hydrogen-bond acceptors (Lipinski definition) is 3. The highest BCUT2D eigenvalue weighted by Gasteiger charge is 2.05. The maximum Gasteiger partial charge on any atom is 0.337 e. The highest BCUT2D eigenvalue weighted by molar-refractivity contribution is 5.89. The zero-order valence-corrected chi connectivity index (χ0v) is 12.2. The number of allylic oxidation sites excluding steroid dienone is 1. The van der Waals surface area contributed by atoms with Crippen molar-refractivity contribution >= 4 is 5.97 Å². The molecule has 1 aromatic rings. The van der Waals surface area contributed by atoms with E-state index < -0.39 is 0 Å². The van der Waals surface area contributed by atoms with E-state index in [-0.39, 0.29) is 5.97 Å². The van der Waals surface area contributed by atoms with Crippen LogP contribution in [-0.2, 0) is 11.2 Å². The van der Waals surface area contributed by atoms with Gasteiger partial charge < -0.3 is 9.64 Å². The zero-order chi connectivity index (χ0) is 14.2. The lowest BCUT2D eigenvalue weighted by molar-refractivity contribution is 0.0600. The molecule has 1 heterocycles. The van der Waals surface area contributed by atoms with Gasteiger partial charge in [-0.25, -0.2) is 4.79 Å². The van der Waals surface area contributed by atoms with Crippen LogP contribution in [0.25, 0.3) is 0 Å². The SMILES string of the molecule is COC(=O)c1ccc(CCC=CN2CCCCC2)cc1. The van der Waals surface area contributed by atoms with Crippen LogP contribution in [0, 0.1) is 0 Å². The van der Waals surface area contributed by atoms with Crippen molar-refractivity contribution in [2.45, 2.75) is 32.1 Å². The van der Waals surface area contributed by atoms with Crippen molar-refractivity contribution in [2.75, 3.05) is 20.2 Å². The van der Waals surface area contributed by atoms with Crippen molar-refractivity contribution in [3.63, 3.8) is 0 Å². The highest BCUT2D eigenvalue weighted by Crippen LogP contribution is 2.11. The Balaban J connectivity index is 1.76. The first kappa shape index (κ1) is 14.6. The number of hydrogen-bond donors (Lipinski definition) is 0. The third-order valence-electron chi connectivity index (χ3n) is 3.68. The second-order valence-electron chi connectivity index (χ2n) is 5.21. The normalized spacial score (nSPS) is 15.6. The average Bonchev–Trinajstić information content (AvgIpc) is 2.52. The van der Waals surface area contributed by atoms with Gasteiger partial charge in [0.05, 0.1) is 12.7 Å². The van der Waals surface area contributed by atoms with Gasteiger partial charge in [0, 0.05) is 13.1 Å². The fourth-order valence-electron chi connectivity index (χ4n) is 2.47. The molecule has 3 heteroatoms. The number of carbonyl (C=O) groups is 1. The molecular formula is C17H23NO2. The molecule has 0 radical (unpaired) electrons. The molecule has 0 aliphatic carbocycles. The van der Waals surface area contributed by atoms with E-state index in [2.05, 4.69) is 21.9 Å². The molecule has 0 atom stereocenters. The number of ether oxygens (including phenoxy) is 1. The van der Waals surface area contributed by atoms with Gasteiger partial charge in [-0.3, -0.25) is 0 Å². The zero-order valence-electron chi connectivity index (χ0n) is 12.2. The lowest BCUT2D eigenvalue weighted by Gasteiger charge is -2.24. The van der Waals surface area contributed by atoms with Gasteiger partial charge in [-0.2, -0.15) is 0 Å². The second kappa shape index (κ2) is 7.73. The van der Waals surface area contributed by atoms with Crippen molar-refractivity contribution < 1.29 is 9.53 Å². The molecule has 1 aromatic carbocycles. The molecule has 0 N–H and O–H groups in total. The molecule has 0 aromatic heterocycles. The van der Waals surface area contributed by atoms with Crippen molar-refractivity contribution in [1.82, 2.24) is 4.90 Å². The molecule has 0 amide bonds. The van der Waals surface area contributed by atoms with Gasteiger partial charge in [0.2, 0.25) is 0 Å². The van der Waals surface area contributed by atoms with Crippen molar-refractivity contribution in [3.05, 3.63) is 47.7 Å². The first-order valence-electron chi connectivity index (χ1n) is 7.37. The highest BCUT2D eigenvalue weighted by atomic mass is 16.5. The van der Waals surface area contributed by atoms with Gasteiger partial charge in [0.25, 0.3) is 0 Å². The Morgan fingerprint density at radius 2 is 1.90 bits per heavy atom. The van der Waals surface area contributed by atoms with Crippen molar-refractivity contribution in [1.29, 1.82) is 0 Å². The smallest absolute Gasteiger partial charge is 0.337 e. The summed E-state index contributed by atoms with van der Waals surface area (Å²) in [6.45, 7) is 2.40. The van der Waals surface area contributed by atoms with E-state index in [0.29, 0.717) is 5.56 Å². The van der Waals surface area contributed by atoms with Gasteiger partial charge >= 0.3 is 5.97 Å². The Hall–Kier alpha value is -1.77. The number of aryl methyl sites for hydroxylation is 1. The van der Waals surface area contributed by atoms with E-state index in [1.54, 1.807) is 0 Å². The van der Waals surface area contributed by atoms with E-state index >= 15 is 0 Å². The third-order valence-corrected chi connectivity index (χ3v) is 3.68. The number of piperidine rings is 1. The molecule has 0 bridgehead atoms. The molecule has 1 aliphatic rings. The number of benzene rings is 1. The topological polar surface area (TPSA) is 29.5 Å². The van der Waals surface area contributed by atoms with Crippen LogP contribution in [0.5, 0.6) is 0 Å². The third kappa shape index (κ3) is 4.41. The summed E-state index contributed by atoms with van der Waals surface area (Å²) >= 11 is 0. The summed E-state index contributed by atoms with van der Waals surface area (Å²) in [6, 6.07) is 7.66. The van der Waals surface area contributed by atoms with E-state index in [4.69, 9.17) is 0 Å². The molecule has 0 saturated carbocycles. The van der Waals surface area contributed by atoms with E-state index in [1.807, 2.05) is 24.3 Å². The standard InChI is InChI=1S/C17H23NO2/c1-20-17(19)16-10-8-15(9-11-16)7-3-6-14-18-12-4-2-5-13-18/h6,8-11,14H,2-5,7,12-13H2,1H3. The maximum absolute atomic E-state index is 11.3. The van der Waals surface area contributed by atoms with Gasteiger partial charge in [0.1, 0.15) is 0 Å². The van der Waals surface area contributed by atoms with Crippen LogP contribution in [0.2, 0.25) is 0 Å². The second-order valence-corrected chi connectivity index (χ2v) is 5.21. The quantitative estimate of drug-likeness (QED) is 0.770. The van der Waals surface area contributed by atoms with Crippen LogP contribution in [-0.4, -0.2) is 31.1 Å². The Morgan fingerprint density at radius 3 is 2.55 bits per heavy atom. The van der Waals surface area contributed by atoms with E-state index in [9.17, 15) is 4.79 Å². The summed E-state index contributed by atoms with van der Waals surface area (Å²) in [4.78, 5) is 13.7. The number of methoxy groups -OCH3 is 1. The Bertz CT molecular complexity index is 445. The van der Waals surface area contributed by atoms with Crippen LogP contribution < -0.4 is 0 Å². The van der Waals surface area contributed by atoms with Crippen LogP contribution in [0.15, 0.2) is 36.5 Å². The Labute approximate surface area is 121 Å². The number of carbonyl (C=O) groups excluding carboxylic acids is 1. The first-order valence-corrected chi connectivity index (χ1v) is 7.37. The van der Waals surface area contributed by atoms with Gasteiger partial charge in [0.15, 0.2) is 0 Å². The van der Waals surface area contributed by atoms with E-state index in [1.165, 1.54) is 45.0 Å². The molecule has 1 saturated heterocycles. The van der Waals surface area contributed by atoms with Gasteiger partial charge in [-0.05, 0) is 56.0 Å². The Morgan fingerprint density at radius 1 is 1.20 bits per heavy atom. The predicted octanol–water partition coefficient (Wildman–Crippen LogP) is 3.41. The summed E-state index contributed by atoms with van der Waals surface area (Å²) < 4.78 is 4.69. The average molecular weight is 273 g/mol. The molecule has 1 fully saturated rings. The molecule has 0 spiro atoms. The summed E-state index contributed by atoms with van der Waals surface area (Å²) in [7, 11) is 1.40. The first-order chi connectivity index (χ1) is 9.79. The molecule has 20 heavy (non-hydrogen) atoms. The van der Waals surface area contributed by atoms with Crippen LogP contribution in [0.3, 0.4) is 0 Å². The number of rotatable bonds is 5. The van der Waals surface area contributed by atoms with Crippen molar-refractivity contribution in [3.8, 4) is 0 Å². The summed E-state index contributed by atoms with van der Waals surface area (Å²) in [5.41, 5.74) is 1.86. The van der Waals surface area contributed by atoms with Crippen LogP contribution in [0.1, 0.15) is 41.6 Å². The minimum atomic E-state index is -0.276. The minimum Gasteiger partial charge on any atom is -0.465 e. The lowest BCUT2D eigenvalue weighted by Crippen LogP contribution is -2.24. The Kier molecular flexibility index (Phi) is 5.66. The van der Waals surface area contributed by atoms with Crippen LogP contribution in [0.4, 0.5) is 0 Å². The number of esters is 1. The number of likely N-dealkylation sites (tertiary alicyclic amines) is 1. The van der Waals surface area contributed by atoms with Crippen molar-refractivity contribution in [2.24, 2.45) is 0 Å². The fourth-order valence-corrected chi connectivity index (χ4v) is 2.47. The van der Waals surface area contributed by atoms with Gasteiger partial charge in [-0.1, -0.05) is 18.2 Å². The molecule has 2 rings (SSSR count). The monoisotopic (exact) mass is 273 g/mol. The van der Waals surface area contributed by atoms with E-state index in [0.717, 1.165) is 12.8 Å². The van der Waals surface area contributed by atoms with Crippen LogP contribution >= 0.6 is 0 Å². The minimum absolute atomic E-state index is 0.276. The fraction of sp³-hybridized carbons (Fsp3) is 0.471. The molecule has 3 nitrogen and oxygen atoms in total. The summed E-state index contributed by atoms with van der Waals surface area (Å²) in [5, 5.41) is 0. The molecule has 108 valence electrons. The summed E-state index contributed by atoms with van der Waals surface area (Å²) in [6.07, 6.45) is 10.5. The summed E-state index contributed by atoms with van der Waals surface area (Å²) in [5.74, 6) is -0.276. The molecule has 0 unspecified atom stereocenters.